The van der Waals surface area contributed by atoms with Gasteiger partial charge >= 0.3 is 17.9 Å². The quantitative estimate of drug-likeness (QED) is 0.0261. The zero-order valence-electron chi connectivity index (χ0n) is 49.4. The highest BCUT2D eigenvalue weighted by Crippen LogP contribution is 2.18. The fraction of sp³-hybridized carbons (Fsp3) is 0.809. The standard InChI is InChI=1S/C68H122O6/c1-4-7-10-13-16-18-20-22-24-26-28-30-31-32-33-34-35-36-37-38-40-41-43-45-47-49-52-55-58-61-67(70)73-64-65(63-72-66(69)60-57-54-51-15-12-9-6-3)74-68(71)62-59-56-53-50-48-46-44-42-39-29-27-25-23-21-19-17-14-11-8-5-2/h7,10,16,18,22,24,28,30,32-33,65H,4-6,8-9,11-15,17,19-21,23,25-27,29,31,34-64H2,1-3H3/b10-7-,18-16-,24-22-,30-28-,33-32-. The lowest BCUT2D eigenvalue weighted by atomic mass is 10.0. The fourth-order valence-corrected chi connectivity index (χ4v) is 9.47. The molecule has 0 radical (unpaired) electrons. The summed E-state index contributed by atoms with van der Waals surface area (Å²) in [6.07, 6.45) is 79.7. The van der Waals surface area contributed by atoms with Crippen LogP contribution in [0.2, 0.25) is 0 Å². The van der Waals surface area contributed by atoms with Crippen LogP contribution in [0.15, 0.2) is 60.8 Å². The van der Waals surface area contributed by atoms with Crippen LogP contribution in [0.3, 0.4) is 0 Å². The van der Waals surface area contributed by atoms with Crippen LogP contribution >= 0.6 is 0 Å². The minimum absolute atomic E-state index is 0.0694. The molecule has 0 aromatic carbocycles. The summed E-state index contributed by atoms with van der Waals surface area (Å²) in [7, 11) is 0. The first-order valence-electron chi connectivity index (χ1n) is 32.3. The second kappa shape index (κ2) is 62.6. The molecular weight excluding hydrogens is 913 g/mol. The van der Waals surface area contributed by atoms with Crippen molar-refractivity contribution in [1.82, 2.24) is 0 Å². The van der Waals surface area contributed by atoms with Crippen LogP contribution < -0.4 is 0 Å². The van der Waals surface area contributed by atoms with Crippen LogP contribution in [0.5, 0.6) is 0 Å². The van der Waals surface area contributed by atoms with Crippen LogP contribution in [0.1, 0.15) is 335 Å². The second-order valence-electron chi connectivity index (χ2n) is 21.7. The average molecular weight is 1040 g/mol. The lowest BCUT2D eigenvalue weighted by Gasteiger charge is -2.18. The van der Waals surface area contributed by atoms with Crippen molar-refractivity contribution in [3.8, 4) is 0 Å². The third kappa shape index (κ3) is 60.0. The largest absolute Gasteiger partial charge is 0.462 e. The summed E-state index contributed by atoms with van der Waals surface area (Å²) in [6.45, 7) is 6.53. The van der Waals surface area contributed by atoms with Crippen molar-refractivity contribution in [2.75, 3.05) is 13.2 Å². The maximum absolute atomic E-state index is 12.9. The molecule has 0 spiro atoms. The van der Waals surface area contributed by atoms with Crippen LogP contribution in [0, 0.1) is 0 Å². The first-order chi connectivity index (χ1) is 36.5. The minimum atomic E-state index is -0.769. The van der Waals surface area contributed by atoms with E-state index in [0.717, 1.165) is 89.9 Å². The SMILES string of the molecule is CC/C=C\C/C=C\C/C=C\C/C=C\C/C=C\CCCCCCCCCCCCCCCC(=O)OCC(COC(=O)CCCCCCCCC)OC(=O)CCCCCCCCCCCCCCCCCCCCCC. The van der Waals surface area contributed by atoms with Crippen molar-refractivity contribution in [3.05, 3.63) is 60.8 Å². The summed E-state index contributed by atoms with van der Waals surface area (Å²) in [6, 6.07) is 0. The highest BCUT2D eigenvalue weighted by atomic mass is 16.6. The Hall–Kier alpha value is -2.89. The first-order valence-corrected chi connectivity index (χ1v) is 32.3. The predicted octanol–water partition coefficient (Wildman–Crippen LogP) is 21.9. The van der Waals surface area contributed by atoms with Crippen LogP contribution in [0.4, 0.5) is 0 Å². The molecule has 0 aliphatic rings. The Morgan fingerprint density at radius 1 is 0.284 bits per heavy atom. The summed E-state index contributed by atoms with van der Waals surface area (Å²) in [4.78, 5) is 38.1. The lowest BCUT2D eigenvalue weighted by Crippen LogP contribution is -2.30. The van der Waals surface area contributed by atoms with Gasteiger partial charge in [-0.25, -0.2) is 0 Å². The van der Waals surface area contributed by atoms with Gasteiger partial charge in [-0.3, -0.25) is 14.4 Å². The highest BCUT2D eigenvalue weighted by Gasteiger charge is 2.19. The topological polar surface area (TPSA) is 78.9 Å². The molecule has 0 rings (SSSR count). The number of carbonyl (C=O) groups excluding carboxylic acids is 3. The zero-order chi connectivity index (χ0) is 53.6. The van der Waals surface area contributed by atoms with Gasteiger partial charge in [0.05, 0.1) is 0 Å². The van der Waals surface area contributed by atoms with E-state index in [1.54, 1.807) is 0 Å². The van der Waals surface area contributed by atoms with Gasteiger partial charge in [-0.05, 0) is 64.2 Å². The second-order valence-corrected chi connectivity index (χ2v) is 21.7. The Morgan fingerprint density at radius 2 is 0.527 bits per heavy atom. The molecule has 74 heavy (non-hydrogen) atoms. The van der Waals surface area contributed by atoms with E-state index >= 15 is 0 Å². The minimum Gasteiger partial charge on any atom is -0.462 e. The number of unbranched alkanes of at least 4 members (excludes halogenated alkanes) is 38. The van der Waals surface area contributed by atoms with Gasteiger partial charge in [0.1, 0.15) is 13.2 Å². The van der Waals surface area contributed by atoms with E-state index in [4.69, 9.17) is 14.2 Å². The molecule has 0 bridgehead atoms. The molecule has 0 aromatic rings. The van der Waals surface area contributed by atoms with Crippen molar-refractivity contribution in [3.63, 3.8) is 0 Å². The van der Waals surface area contributed by atoms with Gasteiger partial charge in [0.2, 0.25) is 0 Å². The van der Waals surface area contributed by atoms with E-state index in [9.17, 15) is 14.4 Å². The number of ether oxygens (including phenoxy) is 3. The molecule has 1 atom stereocenters. The van der Waals surface area contributed by atoms with Crippen molar-refractivity contribution in [2.45, 2.75) is 341 Å². The Bertz CT molecular complexity index is 1330. The molecule has 0 saturated heterocycles. The Morgan fingerprint density at radius 3 is 0.824 bits per heavy atom. The molecule has 0 aliphatic carbocycles. The van der Waals surface area contributed by atoms with Gasteiger partial charge in [-0.2, -0.15) is 0 Å². The summed E-state index contributed by atoms with van der Waals surface area (Å²) >= 11 is 0. The predicted molar refractivity (Wildman–Crippen MR) is 321 cm³/mol. The zero-order valence-corrected chi connectivity index (χ0v) is 49.4. The van der Waals surface area contributed by atoms with Crippen LogP contribution in [-0.2, 0) is 28.6 Å². The number of hydrogen-bond acceptors (Lipinski definition) is 6. The van der Waals surface area contributed by atoms with E-state index in [1.165, 1.54) is 205 Å². The Labute approximate surface area is 460 Å². The van der Waals surface area contributed by atoms with Crippen molar-refractivity contribution >= 4 is 17.9 Å². The average Bonchev–Trinajstić information content (AvgIpc) is 3.40. The molecule has 6 heteroatoms. The van der Waals surface area contributed by atoms with Crippen LogP contribution in [0.25, 0.3) is 0 Å². The third-order valence-corrected chi connectivity index (χ3v) is 14.3. The van der Waals surface area contributed by atoms with Gasteiger partial charge in [-0.1, -0.05) is 313 Å². The number of allylic oxidation sites excluding steroid dienone is 10. The molecule has 6 nitrogen and oxygen atoms in total. The molecule has 0 heterocycles. The maximum Gasteiger partial charge on any atom is 0.306 e. The van der Waals surface area contributed by atoms with Gasteiger partial charge in [0.15, 0.2) is 6.10 Å². The molecule has 0 N–H and O–H groups in total. The smallest absolute Gasteiger partial charge is 0.306 e. The van der Waals surface area contributed by atoms with E-state index in [1.807, 2.05) is 0 Å². The third-order valence-electron chi connectivity index (χ3n) is 14.3. The molecule has 1 unspecified atom stereocenters. The number of rotatable bonds is 59. The van der Waals surface area contributed by atoms with Crippen molar-refractivity contribution in [1.29, 1.82) is 0 Å². The highest BCUT2D eigenvalue weighted by molar-refractivity contribution is 5.71. The normalized spacial score (nSPS) is 12.4. The number of carbonyl (C=O) groups is 3. The molecule has 430 valence electrons. The summed E-state index contributed by atoms with van der Waals surface area (Å²) < 4.78 is 16.9. The molecule has 0 saturated carbocycles. The molecule has 0 fully saturated rings. The van der Waals surface area contributed by atoms with Crippen molar-refractivity contribution < 1.29 is 28.6 Å². The van der Waals surface area contributed by atoms with Gasteiger partial charge in [0.25, 0.3) is 0 Å². The number of esters is 3. The Kier molecular flexibility index (Phi) is 60.2. The molecule has 0 amide bonds. The van der Waals surface area contributed by atoms with Gasteiger partial charge in [-0.15, -0.1) is 0 Å². The van der Waals surface area contributed by atoms with E-state index in [0.29, 0.717) is 19.3 Å². The van der Waals surface area contributed by atoms with E-state index in [-0.39, 0.29) is 31.1 Å². The number of hydrogen-bond donors (Lipinski definition) is 0. The Balaban J connectivity index is 4.07. The molecule has 0 aliphatic heterocycles. The monoisotopic (exact) mass is 1030 g/mol. The van der Waals surface area contributed by atoms with E-state index < -0.39 is 6.10 Å². The first kappa shape index (κ1) is 71.1. The molecule has 0 aromatic heterocycles. The van der Waals surface area contributed by atoms with Gasteiger partial charge in [0, 0.05) is 19.3 Å². The van der Waals surface area contributed by atoms with Crippen molar-refractivity contribution in [2.24, 2.45) is 0 Å². The van der Waals surface area contributed by atoms with E-state index in [2.05, 4.69) is 81.5 Å². The molecular formula is C68H122O6. The summed E-state index contributed by atoms with van der Waals surface area (Å²) in [5, 5.41) is 0. The summed E-state index contributed by atoms with van der Waals surface area (Å²) in [5.74, 6) is -0.858. The fourth-order valence-electron chi connectivity index (χ4n) is 9.47. The van der Waals surface area contributed by atoms with Gasteiger partial charge < -0.3 is 14.2 Å². The summed E-state index contributed by atoms with van der Waals surface area (Å²) in [5.41, 5.74) is 0. The lowest BCUT2D eigenvalue weighted by molar-refractivity contribution is -0.167. The van der Waals surface area contributed by atoms with Crippen LogP contribution in [-0.4, -0.2) is 37.2 Å². The maximum atomic E-state index is 12.9.